The average Bonchev–Trinajstić information content (AvgIpc) is 3.53. The molecular weight excluding hydrogens is 490 g/mol. The number of benzene rings is 2. The predicted octanol–water partition coefficient (Wildman–Crippen LogP) is 4.28. The SMILES string of the molecule is O=C1CCC/C=C/CO[C@@H]2C[C@H](NC[C@@H](O)[C@H](Cc3cc(F)cc(F)c3)N1)c1cc(-c3cn[nH]c3)ccc12. The number of aromatic nitrogens is 2. The van der Waals surface area contributed by atoms with Crippen LogP contribution < -0.4 is 10.6 Å². The number of hydrogen-bond acceptors (Lipinski definition) is 5. The summed E-state index contributed by atoms with van der Waals surface area (Å²) in [7, 11) is 0. The fraction of sp³-hybridized carbons (Fsp3) is 0.379. The molecule has 38 heavy (non-hydrogen) atoms. The van der Waals surface area contributed by atoms with Crippen molar-refractivity contribution in [3.8, 4) is 11.1 Å². The van der Waals surface area contributed by atoms with Gasteiger partial charge in [0.2, 0.25) is 5.91 Å². The van der Waals surface area contributed by atoms with Crippen LogP contribution in [-0.4, -0.2) is 46.5 Å². The fourth-order valence-corrected chi connectivity index (χ4v) is 5.27. The van der Waals surface area contributed by atoms with Gasteiger partial charge in [-0.25, -0.2) is 8.78 Å². The van der Waals surface area contributed by atoms with E-state index in [9.17, 15) is 18.7 Å². The van der Waals surface area contributed by atoms with Gasteiger partial charge in [-0.3, -0.25) is 9.89 Å². The smallest absolute Gasteiger partial charge is 0.220 e. The van der Waals surface area contributed by atoms with Crippen LogP contribution in [0.1, 0.15) is 54.5 Å². The summed E-state index contributed by atoms with van der Waals surface area (Å²) in [5, 5.41) is 24.4. The van der Waals surface area contributed by atoms with E-state index >= 15 is 0 Å². The Morgan fingerprint density at radius 2 is 1.89 bits per heavy atom. The highest BCUT2D eigenvalue weighted by Crippen LogP contribution is 2.42. The minimum Gasteiger partial charge on any atom is -0.390 e. The molecule has 1 aliphatic heterocycles. The molecule has 4 N–H and O–H groups in total. The minimum absolute atomic E-state index is 0.0867. The number of hydrogen-bond donors (Lipinski definition) is 4. The van der Waals surface area contributed by atoms with Gasteiger partial charge in [0.25, 0.3) is 0 Å². The third kappa shape index (κ3) is 6.35. The number of halogens is 2. The van der Waals surface area contributed by atoms with Gasteiger partial charge < -0.3 is 20.5 Å². The number of allylic oxidation sites excluding steroid dienone is 1. The van der Waals surface area contributed by atoms with Crippen LogP contribution in [0.5, 0.6) is 0 Å². The molecule has 0 saturated heterocycles. The van der Waals surface area contributed by atoms with Crippen molar-refractivity contribution in [3.05, 3.63) is 89.3 Å². The molecule has 2 aliphatic rings. The molecule has 2 heterocycles. The van der Waals surface area contributed by atoms with Crippen molar-refractivity contribution in [2.24, 2.45) is 0 Å². The third-order valence-corrected chi connectivity index (χ3v) is 7.19. The quantitative estimate of drug-likeness (QED) is 0.385. The lowest BCUT2D eigenvalue weighted by atomic mass is 9.99. The maximum absolute atomic E-state index is 13.8. The van der Waals surface area contributed by atoms with Crippen LogP contribution >= 0.6 is 0 Å². The summed E-state index contributed by atoms with van der Waals surface area (Å²) < 4.78 is 33.9. The lowest BCUT2D eigenvalue weighted by Crippen LogP contribution is -2.49. The Balaban J connectivity index is 1.39. The summed E-state index contributed by atoms with van der Waals surface area (Å²) in [5.41, 5.74) is 4.55. The molecule has 0 saturated carbocycles. The Kier molecular flexibility index (Phi) is 8.26. The molecule has 4 atom stereocenters. The second-order valence-electron chi connectivity index (χ2n) is 9.94. The van der Waals surface area contributed by atoms with Gasteiger partial charge in [-0.1, -0.05) is 24.3 Å². The Hall–Kier alpha value is -3.40. The van der Waals surface area contributed by atoms with Crippen LogP contribution in [-0.2, 0) is 16.0 Å². The summed E-state index contributed by atoms with van der Waals surface area (Å²) in [6, 6.07) is 8.71. The van der Waals surface area contributed by atoms with Gasteiger partial charge >= 0.3 is 0 Å². The summed E-state index contributed by atoms with van der Waals surface area (Å²) in [4.78, 5) is 12.6. The van der Waals surface area contributed by atoms with Crippen LogP contribution in [0.3, 0.4) is 0 Å². The third-order valence-electron chi connectivity index (χ3n) is 7.19. The fourth-order valence-electron chi connectivity index (χ4n) is 5.27. The second-order valence-corrected chi connectivity index (χ2v) is 9.94. The van der Waals surface area contributed by atoms with Gasteiger partial charge in [-0.2, -0.15) is 5.10 Å². The Labute approximate surface area is 220 Å². The number of fused-ring (bicyclic) bond motifs is 5. The molecule has 200 valence electrons. The number of carbonyl (C=O) groups excluding carboxylic acids is 1. The molecule has 9 heteroatoms. The molecule has 2 aromatic carbocycles. The van der Waals surface area contributed by atoms with E-state index in [2.05, 4.69) is 39.0 Å². The van der Waals surface area contributed by atoms with Crippen molar-refractivity contribution < 1.29 is 23.4 Å². The Morgan fingerprint density at radius 1 is 1.05 bits per heavy atom. The van der Waals surface area contributed by atoms with E-state index in [0.717, 1.165) is 34.7 Å². The summed E-state index contributed by atoms with van der Waals surface area (Å²) >= 11 is 0. The van der Waals surface area contributed by atoms with E-state index in [-0.39, 0.29) is 37.4 Å². The van der Waals surface area contributed by atoms with E-state index in [1.165, 1.54) is 12.1 Å². The second kappa shape index (κ2) is 12.0. The number of nitrogens with one attached hydrogen (secondary N) is 3. The number of amides is 1. The maximum Gasteiger partial charge on any atom is 0.220 e. The zero-order valence-corrected chi connectivity index (χ0v) is 21.0. The highest BCUT2D eigenvalue weighted by Gasteiger charge is 2.33. The first-order valence-electron chi connectivity index (χ1n) is 13.0. The number of rotatable bonds is 3. The first kappa shape index (κ1) is 26.2. The topological polar surface area (TPSA) is 99.3 Å². The van der Waals surface area contributed by atoms with Crippen LogP contribution in [0.25, 0.3) is 11.1 Å². The molecule has 0 fully saturated rings. The van der Waals surface area contributed by atoms with Crippen LogP contribution in [0, 0.1) is 11.6 Å². The van der Waals surface area contributed by atoms with E-state index in [4.69, 9.17) is 4.74 Å². The molecule has 1 aliphatic carbocycles. The van der Waals surface area contributed by atoms with Crippen molar-refractivity contribution >= 4 is 5.91 Å². The van der Waals surface area contributed by atoms with Gasteiger partial charge in [-0.05, 0) is 66.1 Å². The van der Waals surface area contributed by atoms with Crippen molar-refractivity contribution in [1.29, 1.82) is 0 Å². The zero-order valence-electron chi connectivity index (χ0n) is 21.0. The largest absolute Gasteiger partial charge is 0.390 e. The van der Waals surface area contributed by atoms with E-state index in [1.54, 1.807) is 6.20 Å². The van der Waals surface area contributed by atoms with Crippen LogP contribution in [0.2, 0.25) is 0 Å². The van der Waals surface area contributed by atoms with Crippen molar-refractivity contribution in [3.63, 3.8) is 0 Å². The van der Waals surface area contributed by atoms with E-state index < -0.39 is 23.8 Å². The normalized spacial score (nSPS) is 25.5. The minimum atomic E-state index is -0.987. The molecule has 7 nitrogen and oxygen atoms in total. The monoisotopic (exact) mass is 522 g/mol. The number of aliphatic hydroxyl groups excluding tert-OH is 1. The molecule has 0 radical (unpaired) electrons. The average molecular weight is 523 g/mol. The maximum atomic E-state index is 13.8. The van der Waals surface area contributed by atoms with Crippen molar-refractivity contribution in [2.75, 3.05) is 13.2 Å². The van der Waals surface area contributed by atoms with Crippen molar-refractivity contribution in [2.45, 2.75) is 56.4 Å². The summed E-state index contributed by atoms with van der Waals surface area (Å²) in [5.74, 6) is -1.60. The first-order chi connectivity index (χ1) is 18.5. The molecule has 5 rings (SSSR count). The number of aromatic amines is 1. The predicted molar refractivity (Wildman–Crippen MR) is 139 cm³/mol. The van der Waals surface area contributed by atoms with Gasteiger partial charge in [0.1, 0.15) is 11.6 Å². The molecular formula is C29H32F2N4O3. The lowest BCUT2D eigenvalue weighted by molar-refractivity contribution is -0.122. The number of nitrogens with zero attached hydrogens (tertiary/aromatic N) is 1. The lowest BCUT2D eigenvalue weighted by Gasteiger charge is -2.26. The molecule has 0 unspecified atom stereocenters. The highest BCUT2D eigenvalue weighted by atomic mass is 19.1. The number of ether oxygens (including phenoxy) is 1. The van der Waals surface area contributed by atoms with E-state index in [0.29, 0.717) is 25.0 Å². The number of aliphatic hydroxyl groups is 1. The number of carbonyl (C=O) groups is 1. The Bertz CT molecular complexity index is 1260. The van der Waals surface area contributed by atoms with Gasteiger partial charge in [0, 0.05) is 36.8 Å². The van der Waals surface area contributed by atoms with Crippen molar-refractivity contribution in [1.82, 2.24) is 20.8 Å². The molecule has 3 aromatic rings. The Morgan fingerprint density at radius 3 is 2.68 bits per heavy atom. The molecule has 1 aromatic heterocycles. The molecule has 2 bridgehead atoms. The molecule has 0 spiro atoms. The molecule has 1 amide bonds. The van der Waals surface area contributed by atoms with E-state index in [1.807, 2.05) is 18.3 Å². The van der Waals surface area contributed by atoms with Crippen LogP contribution in [0.4, 0.5) is 8.78 Å². The highest BCUT2D eigenvalue weighted by molar-refractivity contribution is 5.76. The number of β-amino-alcohol motifs (C(OH)–C–C–N with tert-alkyl or cyclic N) is 1. The van der Waals surface area contributed by atoms with Gasteiger partial charge in [0.05, 0.1) is 31.1 Å². The summed E-state index contributed by atoms with van der Waals surface area (Å²) in [6.07, 6.45) is 8.95. The van der Waals surface area contributed by atoms with Gasteiger partial charge in [-0.15, -0.1) is 0 Å². The van der Waals surface area contributed by atoms with Gasteiger partial charge in [0.15, 0.2) is 0 Å². The standard InChI is InChI=1S/C29H32F2N4O3/c30-21-9-18(10-22(31)13-21)11-26-27(36)17-32-25-14-28(38-8-4-2-1-3-5-29(37)35-26)23-7-6-19(12-24(23)25)20-15-33-34-16-20/h2,4,6-7,9-10,12-13,15-16,25-28,32,36H,1,3,5,8,11,14,17H2,(H,33,34)(H,35,37)/b4-2+/t25-,26-,27+,28+/m0/s1. The number of H-pyrrole nitrogens is 1. The first-order valence-corrected chi connectivity index (χ1v) is 13.0. The van der Waals surface area contributed by atoms with Crippen LogP contribution in [0.15, 0.2) is 60.9 Å². The summed E-state index contributed by atoms with van der Waals surface area (Å²) in [6.45, 7) is 0.650. The zero-order chi connectivity index (χ0) is 26.5.